The lowest BCUT2D eigenvalue weighted by atomic mass is 10.1. The molecule has 1 rings (SSSR count). The number of amides is 2. The average molecular weight is 231 g/mol. The molecular weight excluding hydrogens is 214 g/mol. The number of benzene rings is 1. The van der Waals surface area contributed by atoms with E-state index in [9.17, 15) is 4.79 Å². The second-order valence-electron chi connectivity index (χ2n) is 4.25. The summed E-state index contributed by atoms with van der Waals surface area (Å²) < 4.78 is 0. The van der Waals surface area contributed by atoms with Crippen molar-refractivity contribution in [1.82, 2.24) is 5.32 Å². The molecule has 0 bridgehead atoms. The largest absolute Gasteiger partial charge is 0.338 e. The molecular formula is C13H17N3O. The van der Waals surface area contributed by atoms with E-state index in [-0.39, 0.29) is 6.03 Å². The van der Waals surface area contributed by atoms with Gasteiger partial charge >= 0.3 is 6.03 Å². The molecule has 2 amide bonds. The molecule has 0 saturated heterocycles. The van der Waals surface area contributed by atoms with E-state index >= 15 is 0 Å². The molecule has 0 aliphatic heterocycles. The Labute approximate surface area is 102 Å². The van der Waals surface area contributed by atoms with Crippen LogP contribution < -0.4 is 10.6 Å². The van der Waals surface area contributed by atoms with Crippen LogP contribution in [0.2, 0.25) is 0 Å². The summed E-state index contributed by atoms with van der Waals surface area (Å²) in [6.07, 6.45) is 0.959. The number of rotatable bonds is 4. The van der Waals surface area contributed by atoms with Crippen molar-refractivity contribution in [2.75, 3.05) is 11.9 Å². The maximum Gasteiger partial charge on any atom is 0.319 e. The Morgan fingerprint density at radius 1 is 1.35 bits per heavy atom. The number of nitriles is 1. The molecule has 0 unspecified atom stereocenters. The average Bonchev–Trinajstić information content (AvgIpc) is 2.29. The van der Waals surface area contributed by atoms with E-state index in [0.29, 0.717) is 23.7 Å². The van der Waals surface area contributed by atoms with E-state index in [4.69, 9.17) is 5.26 Å². The van der Waals surface area contributed by atoms with Gasteiger partial charge in [-0.05, 0) is 36.6 Å². The third-order valence-corrected chi connectivity index (χ3v) is 2.28. The zero-order valence-corrected chi connectivity index (χ0v) is 10.2. The number of anilines is 1. The van der Waals surface area contributed by atoms with Gasteiger partial charge in [0.25, 0.3) is 0 Å². The Bertz CT molecular complexity index is 404. The number of nitrogens with zero attached hydrogens (tertiary/aromatic N) is 1. The summed E-state index contributed by atoms with van der Waals surface area (Å²) in [4.78, 5) is 11.5. The number of nitrogens with one attached hydrogen (secondary N) is 2. The first-order valence-electron chi connectivity index (χ1n) is 5.67. The Hall–Kier alpha value is -2.02. The molecule has 0 heterocycles. The molecule has 0 fully saturated rings. The number of carbonyl (C=O) groups excluding carboxylic acids is 1. The first-order chi connectivity index (χ1) is 8.11. The van der Waals surface area contributed by atoms with Crippen molar-refractivity contribution in [1.29, 1.82) is 5.26 Å². The highest BCUT2D eigenvalue weighted by Crippen LogP contribution is 2.08. The minimum absolute atomic E-state index is 0.213. The van der Waals surface area contributed by atoms with Crippen molar-refractivity contribution in [3.63, 3.8) is 0 Å². The predicted molar refractivity (Wildman–Crippen MR) is 67.6 cm³/mol. The van der Waals surface area contributed by atoms with Crippen LogP contribution in [-0.2, 0) is 0 Å². The van der Waals surface area contributed by atoms with Crippen LogP contribution in [0.4, 0.5) is 10.5 Å². The van der Waals surface area contributed by atoms with Gasteiger partial charge < -0.3 is 10.6 Å². The summed E-state index contributed by atoms with van der Waals surface area (Å²) >= 11 is 0. The summed E-state index contributed by atoms with van der Waals surface area (Å²) in [5, 5.41) is 14.1. The summed E-state index contributed by atoms with van der Waals surface area (Å²) in [5.41, 5.74) is 1.27. The van der Waals surface area contributed by atoms with Crippen LogP contribution in [0.5, 0.6) is 0 Å². The third-order valence-electron chi connectivity index (χ3n) is 2.28. The molecule has 4 nitrogen and oxygen atoms in total. The zero-order chi connectivity index (χ0) is 12.7. The van der Waals surface area contributed by atoms with Crippen LogP contribution in [0.15, 0.2) is 24.3 Å². The van der Waals surface area contributed by atoms with Crippen LogP contribution >= 0.6 is 0 Å². The molecule has 0 radical (unpaired) electrons. The first kappa shape index (κ1) is 13.0. The number of hydrogen-bond donors (Lipinski definition) is 2. The normalized spacial score (nSPS) is 9.76. The molecule has 0 saturated carbocycles. The lowest BCUT2D eigenvalue weighted by molar-refractivity contribution is 0.251. The Kier molecular flexibility index (Phi) is 5.02. The summed E-state index contributed by atoms with van der Waals surface area (Å²) in [5.74, 6) is 0.574. The SMILES string of the molecule is CC(C)CCNC(=O)Nc1ccc(C#N)cc1. The minimum atomic E-state index is -0.213. The van der Waals surface area contributed by atoms with E-state index in [1.165, 1.54) is 0 Å². The van der Waals surface area contributed by atoms with Gasteiger partial charge in [-0.2, -0.15) is 5.26 Å². The Morgan fingerprint density at radius 2 is 2.00 bits per heavy atom. The second kappa shape index (κ2) is 6.54. The molecule has 0 spiro atoms. The van der Waals surface area contributed by atoms with Gasteiger partial charge in [0, 0.05) is 12.2 Å². The van der Waals surface area contributed by atoms with Crippen molar-refractivity contribution in [2.45, 2.75) is 20.3 Å². The standard InChI is InChI=1S/C13H17N3O/c1-10(2)7-8-15-13(17)16-12-5-3-11(9-14)4-6-12/h3-6,10H,7-8H2,1-2H3,(H2,15,16,17). The van der Waals surface area contributed by atoms with Crippen molar-refractivity contribution in [2.24, 2.45) is 5.92 Å². The highest BCUT2D eigenvalue weighted by molar-refractivity contribution is 5.89. The highest BCUT2D eigenvalue weighted by Gasteiger charge is 2.01. The van der Waals surface area contributed by atoms with Gasteiger partial charge in [0.1, 0.15) is 0 Å². The fourth-order valence-electron chi connectivity index (χ4n) is 1.28. The number of hydrogen-bond acceptors (Lipinski definition) is 2. The fourth-order valence-corrected chi connectivity index (χ4v) is 1.28. The van der Waals surface area contributed by atoms with E-state index in [1.54, 1.807) is 24.3 Å². The number of carbonyl (C=O) groups is 1. The lowest BCUT2D eigenvalue weighted by Crippen LogP contribution is -2.30. The van der Waals surface area contributed by atoms with Crippen LogP contribution in [-0.4, -0.2) is 12.6 Å². The molecule has 90 valence electrons. The van der Waals surface area contributed by atoms with Gasteiger partial charge in [0.05, 0.1) is 11.6 Å². The van der Waals surface area contributed by atoms with Gasteiger partial charge in [-0.1, -0.05) is 13.8 Å². The van der Waals surface area contributed by atoms with Crippen LogP contribution in [0.3, 0.4) is 0 Å². The van der Waals surface area contributed by atoms with Gasteiger partial charge in [-0.15, -0.1) is 0 Å². The van der Waals surface area contributed by atoms with E-state index in [0.717, 1.165) is 6.42 Å². The molecule has 0 aliphatic rings. The lowest BCUT2D eigenvalue weighted by Gasteiger charge is -2.08. The van der Waals surface area contributed by atoms with E-state index < -0.39 is 0 Å². The maximum absolute atomic E-state index is 11.5. The molecule has 1 aromatic carbocycles. The van der Waals surface area contributed by atoms with E-state index in [1.807, 2.05) is 6.07 Å². The van der Waals surface area contributed by atoms with Crippen LogP contribution in [0.1, 0.15) is 25.8 Å². The molecule has 1 aromatic rings. The van der Waals surface area contributed by atoms with Crippen LogP contribution in [0, 0.1) is 17.2 Å². The van der Waals surface area contributed by atoms with E-state index in [2.05, 4.69) is 24.5 Å². The van der Waals surface area contributed by atoms with Gasteiger partial charge in [-0.25, -0.2) is 4.79 Å². The highest BCUT2D eigenvalue weighted by atomic mass is 16.2. The summed E-state index contributed by atoms with van der Waals surface area (Å²) in [6, 6.07) is 8.57. The van der Waals surface area contributed by atoms with Gasteiger partial charge in [0.15, 0.2) is 0 Å². The topological polar surface area (TPSA) is 64.9 Å². The third kappa shape index (κ3) is 5.03. The monoisotopic (exact) mass is 231 g/mol. The summed E-state index contributed by atoms with van der Waals surface area (Å²) in [6.45, 7) is 4.89. The van der Waals surface area contributed by atoms with Crippen molar-refractivity contribution < 1.29 is 4.79 Å². The molecule has 4 heteroatoms. The van der Waals surface area contributed by atoms with Crippen molar-refractivity contribution in [3.05, 3.63) is 29.8 Å². The summed E-state index contributed by atoms with van der Waals surface area (Å²) in [7, 11) is 0. The van der Waals surface area contributed by atoms with Crippen molar-refractivity contribution in [3.8, 4) is 6.07 Å². The Balaban J connectivity index is 2.37. The van der Waals surface area contributed by atoms with Crippen molar-refractivity contribution >= 4 is 11.7 Å². The van der Waals surface area contributed by atoms with Gasteiger partial charge in [0.2, 0.25) is 0 Å². The van der Waals surface area contributed by atoms with Gasteiger partial charge in [-0.3, -0.25) is 0 Å². The minimum Gasteiger partial charge on any atom is -0.338 e. The predicted octanol–water partition coefficient (Wildman–Crippen LogP) is 2.73. The Morgan fingerprint density at radius 3 is 2.53 bits per heavy atom. The fraction of sp³-hybridized carbons (Fsp3) is 0.385. The molecule has 0 atom stereocenters. The zero-order valence-electron chi connectivity index (χ0n) is 10.2. The molecule has 0 aromatic heterocycles. The first-order valence-corrected chi connectivity index (χ1v) is 5.67. The molecule has 2 N–H and O–H groups in total. The quantitative estimate of drug-likeness (QED) is 0.836. The maximum atomic E-state index is 11.5. The smallest absolute Gasteiger partial charge is 0.319 e. The number of urea groups is 1. The van der Waals surface area contributed by atoms with Crippen LogP contribution in [0.25, 0.3) is 0 Å². The molecule has 17 heavy (non-hydrogen) atoms. The second-order valence-corrected chi connectivity index (χ2v) is 4.25. The molecule has 0 aliphatic carbocycles.